The number of fused-ring (bicyclic) bond motifs is 1. The number of ether oxygens (including phenoxy) is 1. The van der Waals surface area contributed by atoms with Crippen LogP contribution in [0.15, 0.2) is 18.2 Å². The first-order valence-electron chi connectivity index (χ1n) is 6.04. The number of nitrogens with zero attached hydrogens (tertiary/aromatic N) is 1. The molecule has 0 unspecified atom stereocenters. The van der Waals surface area contributed by atoms with Crippen molar-refractivity contribution in [3.8, 4) is 11.8 Å². The maximum absolute atomic E-state index is 9.08. The van der Waals surface area contributed by atoms with Gasteiger partial charge in [-0.15, -0.1) is 0 Å². The molecule has 16 heavy (non-hydrogen) atoms. The van der Waals surface area contributed by atoms with Gasteiger partial charge in [0, 0.05) is 12.0 Å². The monoisotopic (exact) mass is 213 g/mol. The Kier molecular flexibility index (Phi) is 2.14. The predicted octanol–water partition coefficient (Wildman–Crippen LogP) is 3.20. The minimum absolute atomic E-state index is 0.0214. The van der Waals surface area contributed by atoms with Crippen LogP contribution < -0.4 is 4.74 Å². The molecule has 2 aliphatic rings. The van der Waals surface area contributed by atoms with Gasteiger partial charge in [-0.25, -0.2) is 0 Å². The highest BCUT2D eigenvalue weighted by Gasteiger charge is 2.40. The Morgan fingerprint density at radius 2 is 2.00 bits per heavy atom. The molecule has 0 saturated heterocycles. The highest BCUT2D eigenvalue weighted by Crippen LogP contribution is 2.44. The van der Waals surface area contributed by atoms with E-state index in [-0.39, 0.29) is 5.60 Å². The summed E-state index contributed by atoms with van der Waals surface area (Å²) in [6.45, 7) is 0. The molecule has 0 atom stereocenters. The molecule has 0 N–H and O–H groups in total. The zero-order chi connectivity index (χ0) is 11.0. The largest absolute Gasteiger partial charge is 0.487 e. The summed E-state index contributed by atoms with van der Waals surface area (Å²) in [7, 11) is 0. The fourth-order valence-corrected chi connectivity index (χ4v) is 3.01. The van der Waals surface area contributed by atoms with Gasteiger partial charge in [-0.3, -0.25) is 0 Å². The molecule has 1 fully saturated rings. The molecule has 1 spiro atoms. The van der Waals surface area contributed by atoms with E-state index < -0.39 is 0 Å². The third-order valence-corrected chi connectivity index (χ3v) is 3.84. The number of benzene rings is 1. The van der Waals surface area contributed by atoms with Gasteiger partial charge >= 0.3 is 0 Å². The van der Waals surface area contributed by atoms with Crippen molar-refractivity contribution in [3.05, 3.63) is 29.3 Å². The van der Waals surface area contributed by atoms with Crippen molar-refractivity contribution in [1.82, 2.24) is 0 Å². The van der Waals surface area contributed by atoms with Crippen LogP contribution in [0.2, 0.25) is 0 Å². The van der Waals surface area contributed by atoms with Gasteiger partial charge in [0.05, 0.1) is 11.6 Å². The normalized spacial score (nSPS) is 21.2. The summed E-state index contributed by atoms with van der Waals surface area (Å²) in [6, 6.07) is 8.08. The van der Waals surface area contributed by atoms with E-state index in [0.717, 1.165) is 36.1 Å². The molecule has 0 bridgehead atoms. The lowest BCUT2D eigenvalue weighted by atomic mass is 9.81. The molecule has 82 valence electrons. The Morgan fingerprint density at radius 3 is 2.75 bits per heavy atom. The standard InChI is InChI=1S/C14H15NO/c15-10-11-5-4-6-13-12(11)9-14(16-13)7-2-1-3-8-14/h4-6H,1-3,7-9H2. The van der Waals surface area contributed by atoms with Gasteiger partial charge < -0.3 is 4.74 Å². The van der Waals surface area contributed by atoms with Crippen LogP contribution in [0.5, 0.6) is 5.75 Å². The van der Waals surface area contributed by atoms with Gasteiger partial charge in [0.1, 0.15) is 11.4 Å². The maximum Gasteiger partial charge on any atom is 0.124 e. The first-order chi connectivity index (χ1) is 7.83. The molecular formula is C14H15NO. The number of hydrogen-bond acceptors (Lipinski definition) is 2. The minimum Gasteiger partial charge on any atom is -0.487 e. The second kappa shape index (κ2) is 3.52. The van der Waals surface area contributed by atoms with Gasteiger partial charge in [-0.2, -0.15) is 5.26 Å². The van der Waals surface area contributed by atoms with Crippen LogP contribution in [0.3, 0.4) is 0 Å². The van der Waals surface area contributed by atoms with Crippen molar-refractivity contribution < 1.29 is 4.74 Å². The molecule has 0 radical (unpaired) electrons. The third kappa shape index (κ3) is 1.39. The number of rotatable bonds is 0. The van der Waals surface area contributed by atoms with E-state index >= 15 is 0 Å². The molecule has 0 amide bonds. The highest BCUT2D eigenvalue weighted by atomic mass is 16.5. The Labute approximate surface area is 95.8 Å². The molecule has 1 saturated carbocycles. The lowest BCUT2D eigenvalue weighted by Gasteiger charge is -2.32. The molecule has 3 rings (SSSR count). The smallest absolute Gasteiger partial charge is 0.124 e. The van der Waals surface area contributed by atoms with Crippen LogP contribution in [-0.2, 0) is 6.42 Å². The van der Waals surface area contributed by atoms with Crippen LogP contribution >= 0.6 is 0 Å². The Hall–Kier alpha value is -1.49. The van der Waals surface area contributed by atoms with Gasteiger partial charge in [0.15, 0.2) is 0 Å². The Bertz CT molecular complexity index is 452. The summed E-state index contributed by atoms with van der Waals surface area (Å²) in [4.78, 5) is 0. The van der Waals surface area contributed by atoms with Crippen LogP contribution in [0.4, 0.5) is 0 Å². The topological polar surface area (TPSA) is 33.0 Å². The fourth-order valence-electron chi connectivity index (χ4n) is 3.01. The van der Waals surface area contributed by atoms with Crippen LogP contribution in [-0.4, -0.2) is 5.60 Å². The first-order valence-corrected chi connectivity index (χ1v) is 6.04. The molecule has 2 heteroatoms. The zero-order valence-corrected chi connectivity index (χ0v) is 9.33. The number of nitriles is 1. The van der Waals surface area contributed by atoms with E-state index in [0.29, 0.717) is 0 Å². The number of hydrogen-bond donors (Lipinski definition) is 0. The average Bonchev–Trinajstić information content (AvgIpc) is 2.67. The summed E-state index contributed by atoms with van der Waals surface area (Å²) in [5.41, 5.74) is 1.94. The van der Waals surface area contributed by atoms with Crippen molar-refractivity contribution in [2.75, 3.05) is 0 Å². The fraction of sp³-hybridized carbons (Fsp3) is 0.500. The molecule has 1 aromatic carbocycles. The molecule has 0 aromatic heterocycles. The van der Waals surface area contributed by atoms with E-state index in [1.54, 1.807) is 0 Å². The first kappa shape index (κ1) is 9.72. The summed E-state index contributed by atoms with van der Waals surface area (Å²) >= 11 is 0. The molecular weight excluding hydrogens is 198 g/mol. The molecule has 1 aliphatic heterocycles. The SMILES string of the molecule is N#Cc1cccc2c1CC1(CCCCC1)O2. The molecule has 2 nitrogen and oxygen atoms in total. The highest BCUT2D eigenvalue weighted by molar-refractivity contribution is 5.50. The van der Waals surface area contributed by atoms with Gasteiger partial charge in [0.2, 0.25) is 0 Å². The van der Waals surface area contributed by atoms with Crippen molar-refractivity contribution in [1.29, 1.82) is 5.26 Å². The van der Waals surface area contributed by atoms with Crippen LogP contribution in [0.1, 0.15) is 43.2 Å². The van der Waals surface area contributed by atoms with Crippen LogP contribution in [0, 0.1) is 11.3 Å². The van der Waals surface area contributed by atoms with E-state index in [4.69, 9.17) is 10.00 Å². The van der Waals surface area contributed by atoms with Crippen molar-refractivity contribution >= 4 is 0 Å². The van der Waals surface area contributed by atoms with E-state index in [9.17, 15) is 0 Å². The van der Waals surface area contributed by atoms with Crippen molar-refractivity contribution in [2.24, 2.45) is 0 Å². The lowest BCUT2D eigenvalue weighted by molar-refractivity contribution is 0.0529. The third-order valence-electron chi connectivity index (χ3n) is 3.84. The van der Waals surface area contributed by atoms with Gasteiger partial charge in [0.25, 0.3) is 0 Å². The Balaban J connectivity index is 1.97. The van der Waals surface area contributed by atoms with E-state index in [2.05, 4.69) is 6.07 Å². The zero-order valence-electron chi connectivity index (χ0n) is 9.33. The van der Waals surface area contributed by atoms with E-state index in [1.807, 2.05) is 18.2 Å². The van der Waals surface area contributed by atoms with Gasteiger partial charge in [-0.05, 0) is 37.8 Å². The second-order valence-corrected chi connectivity index (χ2v) is 4.92. The second-order valence-electron chi connectivity index (χ2n) is 4.92. The molecule has 1 heterocycles. The minimum atomic E-state index is 0.0214. The average molecular weight is 213 g/mol. The summed E-state index contributed by atoms with van der Waals surface area (Å²) < 4.78 is 6.13. The van der Waals surface area contributed by atoms with Crippen molar-refractivity contribution in [3.63, 3.8) is 0 Å². The van der Waals surface area contributed by atoms with Gasteiger partial charge in [-0.1, -0.05) is 12.5 Å². The predicted molar refractivity (Wildman–Crippen MR) is 61.3 cm³/mol. The molecule has 1 aliphatic carbocycles. The summed E-state index contributed by atoms with van der Waals surface area (Å²) in [5, 5.41) is 9.08. The summed E-state index contributed by atoms with van der Waals surface area (Å²) in [6.07, 6.45) is 7.07. The Morgan fingerprint density at radius 1 is 1.19 bits per heavy atom. The van der Waals surface area contributed by atoms with E-state index in [1.165, 1.54) is 19.3 Å². The van der Waals surface area contributed by atoms with Crippen molar-refractivity contribution in [2.45, 2.75) is 44.1 Å². The summed E-state index contributed by atoms with van der Waals surface area (Å²) in [5.74, 6) is 0.945. The molecule has 1 aromatic rings. The lowest BCUT2D eigenvalue weighted by Crippen LogP contribution is -2.36. The quantitative estimate of drug-likeness (QED) is 0.663. The maximum atomic E-state index is 9.08. The van der Waals surface area contributed by atoms with Crippen LogP contribution in [0.25, 0.3) is 0 Å².